The van der Waals surface area contributed by atoms with Gasteiger partial charge in [0.15, 0.2) is 11.5 Å². The number of aromatic nitrogens is 2. The first-order valence-electron chi connectivity index (χ1n) is 14.3. The molecule has 5 aromatic rings. The lowest BCUT2D eigenvalue weighted by molar-refractivity contribution is 0.0985. The van der Waals surface area contributed by atoms with Crippen LogP contribution < -0.4 is 28.7 Å². The molecule has 0 aliphatic carbocycles. The number of methoxy groups -OCH3 is 4. The summed E-state index contributed by atoms with van der Waals surface area (Å²) in [5.41, 5.74) is 9.71. The number of hydrogen-bond acceptors (Lipinski definition) is 6. The zero-order valence-electron chi connectivity index (χ0n) is 25.0. The molecule has 0 saturated heterocycles. The van der Waals surface area contributed by atoms with Crippen LogP contribution in [0.4, 0.5) is 11.4 Å². The molecular formula is C34H34N4O5. The molecule has 0 saturated carbocycles. The van der Waals surface area contributed by atoms with E-state index in [1.54, 1.807) is 28.4 Å². The Morgan fingerprint density at radius 2 is 1.56 bits per heavy atom. The van der Waals surface area contributed by atoms with Crippen LogP contribution in [0.5, 0.6) is 23.0 Å². The lowest BCUT2D eigenvalue weighted by Gasteiger charge is -2.22. The summed E-state index contributed by atoms with van der Waals surface area (Å²) >= 11 is 0. The third-order valence-electron chi connectivity index (χ3n) is 8.79. The van der Waals surface area contributed by atoms with Gasteiger partial charge in [-0.15, -0.1) is 0 Å². The van der Waals surface area contributed by atoms with E-state index in [1.807, 2.05) is 29.2 Å². The molecule has 0 bridgehead atoms. The summed E-state index contributed by atoms with van der Waals surface area (Å²) in [7, 11) is 6.42. The monoisotopic (exact) mass is 578 g/mol. The Balaban J connectivity index is 1.21. The normalized spacial score (nSPS) is 13.9. The highest BCUT2D eigenvalue weighted by atomic mass is 16.5. The molecule has 43 heavy (non-hydrogen) atoms. The molecule has 2 aromatic heterocycles. The molecule has 0 fully saturated rings. The van der Waals surface area contributed by atoms with Crippen molar-refractivity contribution < 1.29 is 23.7 Å². The molecule has 9 heteroatoms. The van der Waals surface area contributed by atoms with Crippen LogP contribution in [0.25, 0.3) is 27.5 Å². The van der Waals surface area contributed by atoms with Gasteiger partial charge >= 0.3 is 0 Å². The fourth-order valence-electron chi connectivity index (χ4n) is 6.67. The summed E-state index contributed by atoms with van der Waals surface area (Å²) in [4.78, 5) is 24.8. The van der Waals surface area contributed by atoms with Crippen molar-refractivity contribution in [2.75, 3.05) is 51.3 Å². The van der Waals surface area contributed by atoms with Gasteiger partial charge < -0.3 is 38.7 Å². The predicted molar refractivity (Wildman–Crippen MR) is 169 cm³/mol. The number of carbonyl (C=O) groups excluding carboxylic acids is 1. The van der Waals surface area contributed by atoms with E-state index in [9.17, 15) is 4.79 Å². The van der Waals surface area contributed by atoms with Gasteiger partial charge in [-0.3, -0.25) is 4.79 Å². The number of aryl methyl sites for hydroxylation is 1. The molecule has 9 nitrogen and oxygen atoms in total. The van der Waals surface area contributed by atoms with Gasteiger partial charge in [0, 0.05) is 46.8 Å². The van der Waals surface area contributed by atoms with E-state index in [-0.39, 0.29) is 5.91 Å². The molecule has 4 heterocycles. The van der Waals surface area contributed by atoms with Crippen molar-refractivity contribution in [3.8, 4) is 23.0 Å². The van der Waals surface area contributed by atoms with Crippen molar-refractivity contribution in [2.24, 2.45) is 0 Å². The van der Waals surface area contributed by atoms with E-state index < -0.39 is 0 Å². The van der Waals surface area contributed by atoms with Gasteiger partial charge in [-0.2, -0.15) is 0 Å². The summed E-state index contributed by atoms with van der Waals surface area (Å²) in [6, 6.07) is 14.2. The minimum absolute atomic E-state index is 0.104. The highest BCUT2D eigenvalue weighted by molar-refractivity contribution is 6.11. The Morgan fingerprint density at radius 3 is 2.30 bits per heavy atom. The van der Waals surface area contributed by atoms with Crippen LogP contribution in [-0.4, -0.2) is 57.4 Å². The Labute approximate surface area is 249 Å². The van der Waals surface area contributed by atoms with Crippen molar-refractivity contribution in [1.82, 2.24) is 9.97 Å². The maximum absolute atomic E-state index is 13.9. The third kappa shape index (κ3) is 4.02. The summed E-state index contributed by atoms with van der Waals surface area (Å²) < 4.78 is 22.2. The van der Waals surface area contributed by atoms with Gasteiger partial charge in [0.2, 0.25) is 5.75 Å². The van der Waals surface area contributed by atoms with Gasteiger partial charge in [-0.05, 0) is 66.8 Å². The minimum atomic E-state index is -0.104. The van der Waals surface area contributed by atoms with Gasteiger partial charge in [0.05, 0.1) is 45.3 Å². The maximum Gasteiger partial charge on any atom is 0.274 e. The largest absolute Gasteiger partial charge is 0.496 e. The zero-order valence-corrected chi connectivity index (χ0v) is 25.0. The van der Waals surface area contributed by atoms with Crippen LogP contribution in [0, 0.1) is 6.92 Å². The number of rotatable bonds is 7. The molecule has 0 radical (unpaired) electrons. The number of benzene rings is 3. The van der Waals surface area contributed by atoms with Gasteiger partial charge in [0.1, 0.15) is 11.4 Å². The Kier molecular flexibility index (Phi) is 6.27. The molecule has 2 aliphatic heterocycles. The van der Waals surface area contributed by atoms with Crippen LogP contribution in [-0.2, 0) is 12.8 Å². The molecular weight excluding hydrogens is 544 g/mol. The standard InChI is InChI=1S/C34H34N4O5/c1-18-13-20-9-11-37(28(20)17-29(18)40-3)19(2)25-16-23-22-10-12-38(27(22)8-7-24(23)35-25)34(39)26-14-21-15-30(41-4)32(42-5)33(43-6)31(21)36-26/h7-8,13-17,35-36H,2,9-12H2,1,3-6H3. The maximum atomic E-state index is 13.9. The van der Waals surface area contributed by atoms with Crippen LogP contribution >= 0.6 is 0 Å². The average Bonchev–Trinajstić information content (AvgIpc) is 3.82. The molecule has 0 spiro atoms. The average molecular weight is 579 g/mol. The molecule has 1 amide bonds. The van der Waals surface area contributed by atoms with E-state index in [0.717, 1.165) is 75.3 Å². The zero-order chi connectivity index (χ0) is 30.0. The SMILES string of the molecule is C=C(c1cc2c3c(ccc2[nH]1)N(C(=O)c1cc2cc(OC)c(OC)c(OC)c2[nH]1)CC3)N1CCc2cc(C)c(OC)cc21. The molecule has 2 N–H and O–H groups in total. The first-order valence-corrected chi connectivity index (χ1v) is 14.3. The molecule has 0 unspecified atom stereocenters. The number of nitrogens with zero attached hydrogens (tertiary/aromatic N) is 2. The second-order valence-corrected chi connectivity index (χ2v) is 11.0. The van der Waals surface area contributed by atoms with Crippen LogP contribution in [0.1, 0.15) is 32.9 Å². The Hall–Kier alpha value is -5.05. The topological polar surface area (TPSA) is 92.1 Å². The minimum Gasteiger partial charge on any atom is -0.496 e. The van der Waals surface area contributed by atoms with Crippen LogP contribution in [0.2, 0.25) is 0 Å². The lowest BCUT2D eigenvalue weighted by Crippen LogP contribution is -2.29. The first kappa shape index (κ1) is 26.8. The predicted octanol–water partition coefficient (Wildman–Crippen LogP) is 6.23. The number of ether oxygens (including phenoxy) is 4. The van der Waals surface area contributed by atoms with Crippen molar-refractivity contribution in [2.45, 2.75) is 19.8 Å². The lowest BCUT2D eigenvalue weighted by atomic mass is 10.1. The number of H-pyrrole nitrogens is 2. The van der Waals surface area contributed by atoms with Crippen molar-refractivity contribution in [1.29, 1.82) is 0 Å². The molecule has 0 atom stereocenters. The summed E-state index contributed by atoms with van der Waals surface area (Å²) in [5.74, 6) is 2.28. The van der Waals surface area contributed by atoms with E-state index in [4.69, 9.17) is 18.9 Å². The fourth-order valence-corrected chi connectivity index (χ4v) is 6.67. The molecule has 7 rings (SSSR count). The number of amides is 1. The van der Waals surface area contributed by atoms with Gasteiger partial charge in [0.25, 0.3) is 5.91 Å². The van der Waals surface area contributed by atoms with E-state index in [0.29, 0.717) is 35.0 Å². The van der Waals surface area contributed by atoms with Crippen molar-refractivity contribution in [3.63, 3.8) is 0 Å². The number of carbonyl (C=O) groups is 1. The third-order valence-corrected chi connectivity index (χ3v) is 8.79. The number of hydrogen-bond donors (Lipinski definition) is 2. The number of fused-ring (bicyclic) bond motifs is 5. The highest BCUT2D eigenvalue weighted by Gasteiger charge is 2.30. The van der Waals surface area contributed by atoms with Crippen molar-refractivity contribution >= 4 is 44.8 Å². The summed E-state index contributed by atoms with van der Waals surface area (Å²) in [6.45, 7) is 8.00. The van der Waals surface area contributed by atoms with Gasteiger partial charge in [-0.25, -0.2) is 0 Å². The second kappa shape index (κ2) is 10.0. The smallest absolute Gasteiger partial charge is 0.274 e. The summed E-state index contributed by atoms with van der Waals surface area (Å²) in [5, 5.41) is 1.91. The Bertz CT molecular complexity index is 1950. The van der Waals surface area contributed by atoms with Crippen LogP contribution in [0.15, 0.2) is 49.0 Å². The molecule has 3 aromatic carbocycles. The van der Waals surface area contributed by atoms with E-state index >= 15 is 0 Å². The van der Waals surface area contributed by atoms with E-state index in [2.05, 4.69) is 46.6 Å². The van der Waals surface area contributed by atoms with E-state index in [1.165, 1.54) is 5.56 Å². The molecule has 2 aliphatic rings. The first-order chi connectivity index (χ1) is 20.9. The second-order valence-electron chi connectivity index (χ2n) is 11.0. The molecule has 220 valence electrons. The Morgan fingerprint density at radius 1 is 0.791 bits per heavy atom. The number of nitrogens with one attached hydrogen (secondary N) is 2. The van der Waals surface area contributed by atoms with Crippen molar-refractivity contribution in [3.05, 3.63) is 77.1 Å². The quantitative estimate of drug-likeness (QED) is 0.238. The van der Waals surface area contributed by atoms with Crippen LogP contribution in [0.3, 0.4) is 0 Å². The summed E-state index contributed by atoms with van der Waals surface area (Å²) in [6.07, 6.45) is 1.72. The number of anilines is 2. The number of aromatic amines is 2. The fraction of sp³-hybridized carbons (Fsp3) is 0.265. The highest BCUT2D eigenvalue weighted by Crippen LogP contribution is 2.44. The van der Waals surface area contributed by atoms with Gasteiger partial charge in [-0.1, -0.05) is 12.6 Å².